The highest BCUT2D eigenvalue weighted by molar-refractivity contribution is 6.14. The van der Waals surface area contributed by atoms with Crippen LogP contribution in [0, 0.1) is 0 Å². The number of carbonyl (C=O) groups is 5. The molecule has 1 heterocycles. The number of ether oxygens (including phenoxy) is 1. The molecule has 0 radical (unpaired) electrons. The van der Waals surface area contributed by atoms with Gasteiger partial charge in [-0.1, -0.05) is 0 Å². The van der Waals surface area contributed by atoms with Gasteiger partial charge in [0.1, 0.15) is 12.2 Å². The van der Waals surface area contributed by atoms with Crippen LogP contribution < -0.4 is 0 Å². The summed E-state index contributed by atoms with van der Waals surface area (Å²) in [4.78, 5) is 62.8. The second-order valence-corrected chi connectivity index (χ2v) is 6.65. The molecule has 0 aromatic rings. The van der Waals surface area contributed by atoms with Crippen LogP contribution in [0.1, 0.15) is 34.6 Å². The Morgan fingerprint density at radius 1 is 1.00 bits per heavy atom. The number of imide groups is 1. The third-order valence-corrected chi connectivity index (χ3v) is 5.11. The maximum Gasteiger partial charge on any atom is 0.281 e. The molecule has 0 aromatic carbocycles. The number of halogens is 1. The number of nitrogens with zero attached hydrogens (tertiary/aromatic N) is 1. The first-order chi connectivity index (χ1) is 12.7. The van der Waals surface area contributed by atoms with Crippen LogP contribution in [0.4, 0.5) is 0 Å². The number of aliphatic hydroxyl groups excluding tert-OH is 2. The van der Waals surface area contributed by atoms with E-state index in [1.165, 1.54) is 0 Å². The number of amides is 2. The first-order valence-corrected chi connectivity index (χ1v) is 8.38. The number of hydrogen-bond acceptors (Lipinski definition) is 10. The summed E-state index contributed by atoms with van der Waals surface area (Å²) in [7, 11) is 0. The van der Waals surface area contributed by atoms with Crippen LogP contribution in [0.5, 0.6) is 0 Å². The van der Waals surface area contributed by atoms with E-state index in [0.717, 1.165) is 34.6 Å². The van der Waals surface area contributed by atoms with Gasteiger partial charge in [-0.25, -0.2) is 4.29 Å². The average molecular weight is 424 g/mol. The number of Topliss-reactive ketones (excluding diaryl/α,β-unsaturated/α-hetero) is 3. The first-order valence-electron chi connectivity index (χ1n) is 8.07. The molecule has 158 valence electrons. The summed E-state index contributed by atoms with van der Waals surface area (Å²) in [6, 6.07) is 0. The van der Waals surface area contributed by atoms with Gasteiger partial charge >= 0.3 is 0 Å². The van der Waals surface area contributed by atoms with Crippen molar-refractivity contribution in [2.24, 2.45) is 0 Å². The van der Waals surface area contributed by atoms with Crippen molar-refractivity contribution in [1.82, 2.24) is 4.90 Å². The van der Waals surface area contributed by atoms with Crippen molar-refractivity contribution in [3.63, 3.8) is 0 Å². The first kappa shape index (κ1) is 24.3. The molecule has 2 amide bonds. The molecular formula is C16H22ClNO10. The SMILES string of the molecule is CC(=O)N(C(C)=O)[C@@]1(C(C)=O)C(OCl)(C(C)=O)O[C@H](CO)[C@@H](O)[C@@]1(O)C(C)=O. The molecule has 0 saturated carbocycles. The number of hydrogen-bond donors (Lipinski definition) is 3. The molecule has 0 aromatic heterocycles. The molecule has 5 atom stereocenters. The number of carbonyl (C=O) groups excluding carboxylic acids is 5. The fourth-order valence-electron chi connectivity index (χ4n) is 3.83. The molecule has 12 heteroatoms. The lowest BCUT2D eigenvalue weighted by Crippen LogP contribution is -2.90. The Bertz CT molecular complexity index is 694. The van der Waals surface area contributed by atoms with Gasteiger partial charge in [0.05, 0.1) is 18.5 Å². The quantitative estimate of drug-likeness (QED) is 0.444. The van der Waals surface area contributed by atoms with Gasteiger partial charge in [0.2, 0.25) is 17.4 Å². The van der Waals surface area contributed by atoms with Gasteiger partial charge in [-0.05, 0) is 13.8 Å². The Hall–Kier alpha value is -1.76. The van der Waals surface area contributed by atoms with Crippen molar-refractivity contribution in [3.05, 3.63) is 0 Å². The van der Waals surface area contributed by atoms with E-state index in [9.17, 15) is 39.3 Å². The smallest absolute Gasteiger partial charge is 0.281 e. The Morgan fingerprint density at radius 3 is 1.71 bits per heavy atom. The lowest BCUT2D eigenvalue weighted by Gasteiger charge is -2.61. The van der Waals surface area contributed by atoms with E-state index in [2.05, 4.69) is 4.29 Å². The zero-order valence-electron chi connectivity index (χ0n) is 15.9. The van der Waals surface area contributed by atoms with Gasteiger partial charge in [-0.15, -0.1) is 0 Å². The molecule has 1 unspecified atom stereocenters. The lowest BCUT2D eigenvalue weighted by molar-refractivity contribution is -0.342. The second-order valence-electron chi connectivity index (χ2n) is 6.50. The van der Waals surface area contributed by atoms with Gasteiger partial charge in [-0.2, -0.15) is 0 Å². The Kier molecular flexibility index (Phi) is 6.88. The van der Waals surface area contributed by atoms with Gasteiger partial charge in [0.25, 0.3) is 5.79 Å². The number of ketones is 3. The van der Waals surface area contributed by atoms with E-state index in [0.29, 0.717) is 0 Å². The average Bonchev–Trinajstić information content (AvgIpc) is 2.57. The fourth-order valence-corrected chi connectivity index (χ4v) is 4.09. The van der Waals surface area contributed by atoms with Crippen molar-refractivity contribution in [3.8, 4) is 0 Å². The van der Waals surface area contributed by atoms with Crippen molar-refractivity contribution in [1.29, 1.82) is 0 Å². The third kappa shape index (κ3) is 2.81. The highest BCUT2D eigenvalue weighted by Gasteiger charge is 2.82. The summed E-state index contributed by atoms with van der Waals surface area (Å²) >= 11 is 5.48. The molecule has 0 bridgehead atoms. The topological polar surface area (TPSA) is 168 Å². The van der Waals surface area contributed by atoms with E-state index in [1.807, 2.05) is 0 Å². The lowest BCUT2D eigenvalue weighted by atomic mass is 9.61. The molecule has 0 aliphatic carbocycles. The molecule has 0 spiro atoms. The van der Waals surface area contributed by atoms with Crippen molar-refractivity contribution < 1.29 is 48.3 Å². The van der Waals surface area contributed by atoms with Crippen LogP contribution >= 0.6 is 11.9 Å². The minimum atomic E-state index is -3.32. The molecule has 1 aliphatic rings. The summed E-state index contributed by atoms with van der Waals surface area (Å²) in [5.74, 6) is -9.34. The zero-order chi connectivity index (χ0) is 22.2. The van der Waals surface area contributed by atoms with Crippen LogP contribution in [0.15, 0.2) is 0 Å². The minimum Gasteiger partial charge on any atom is -0.394 e. The predicted octanol–water partition coefficient (Wildman–Crippen LogP) is -1.76. The maximum atomic E-state index is 12.9. The Morgan fingerprint density at radius 2 is 1.46 bits per heavy atom. The van der Waals surface area contributed by atoms with Crippen LogP contribution in [-0.2, 0) is 33.0 Å². The second kappa shape index (κ2) is 7.93. The van der Waals surface area contributed by atoms with E-state index in [-0.39, 0.29) is 4.90 Å². The zero-order valence-corrected chi connectivity index (χ0v) is 16.6. The highest BCUT2D eigenvalue weighted by Crippen LogP contribution is 2.51. The van der Waals surface area contributed by atoms with E-state index >= 15 is 0 Å². The van der Waals surface area contributed by atoms with Crippen LogP contribution in [0.2, 0.25) is 0 Å². The summed E-state index contributed by atoms with van der Waals surface area (Å²) in [5.41, 5.74) is -6.55. The molecule has 3 N–H and O–H groups in total. The number of aliphatic hydroxyl groups is 3. The van der Waals surface area contributed by atoms with Crippen molar-refractivity contribution in [2.45, 2.75) is 63.8 Å². The summed E-state index contributed by atoms with van der Waals surface area (Å²) < 4.78 is 9.89. The molecule has 1 fully saturated rings. The van der Waals surface area contributed by atoms with Gasteiger partial charge in [-0.3, -0.25) is 28.9 Å². The number of rotatable bonds is 6. The standard InChI is InChI=1S/C16H22ClNO10/c1-7(20)14(26)13(25)12(6-19)27-16(28-17,9(3)22)15(14,8(2)21)18(10(4)23)11(5)24/h12-13,19,25-26H,6H2,1-5H3/t12-,13-,14+,15-,16?/m1/s1. The molecule has 28 heavy (non-hydrogen) atoms. The fraction of sp³-hybridized carbons (Fsp3) is 0.688. The third-order valence-electron chi connectivity index (χ3n) is 4.89. The minimum absolute atomic E-state index is 0.0946. The molecule has 1 saturated heterocycles. The van der Waals surface area contributed by atoms with Crippen LogP contribution in [0.25, 0.3) is 0 Å². The molecule has 11 nitrogen and oxygen atoms in total. The molecular weight excluding hydrogens is 402 g/mol. The maximum absolute atomic E-state index is 12.9. The van der Waals surface area contributed by atoms with Gasteiger partial charge < -0.3 is 20.1 Å². The van der Waals surface area contributed by atoms with E-state index < -0.39 is 64.9 Å². The molecule has 1 aliphatic heterocycles. The Labute approximate surface area is 165 Å². The largest absolute Gasteiger partial charge is 0.394 e. The summed E-state index contributed by atoms with van der Waals surface area (Å²) in [6.45, 7) is 2.88. The van der Waals surface area contributed by atoms with E-state index in [4.69, 9.17) is 16.6 Å². The molecule has 1 rings (SSSR count). The highest BCUT2D eigenvalue weighted by atomic mass is 35.5. The van der Waals surface area contributed by atoms with Crippen LogP contribution in [-0.4, -0.2) is 85.1 Å². The normalized spacial score (nSPS) is 35.2. The van der Waals surface area contributed by atoms with Gasteiger partial charge in [0, 0.05) is 20.8 Å². The van der Waals surface area contributed by atoms with E-state index in [1.54, 1.807) is 0 Å². The predicted molar refractivity (Wildman–Crippen MR) is 90.6 cm³/mol. The van der Waals surface area contributed by atoms with Gasteiger partial charge in [0.15, 0.2) is 23.0 Å². The summed E-state index contributed by atoms with van der Waals surface area (Å²) in [6.07, 6.45) is -4.19. The van der Waals surface area contributed by atoms with Crippen molar-refractivity contribution in [2.75, 3.05) is 6.61 Å². The van der Waals surface area contributed by atoms with Crippen molar-refractivity contribution >= 4 is 41.0 Å². The van der Waals surface area contributed by atoms with Crippen LogP contribution in [0.3, 0.4) is 0 Å². The Balaban J connectivity index is 4.33. The monoisotopic (exact) mass is 423 g/mol. The summed E-state index contributed by atoms with van der Waals surface area (Å²) in [5, 5.41) is 31.4.